The van der Waals surface area contributed by atoms with Gasteiger partial charge in [-0.15, -0.1) is 0 Å². The number of carboxylic acids is 1. The second-order valence-corrected chi connectivity index (χ2v) is 3.88. The number of hydrogen-bond donors (Lipinski definition) is 2. The molecule has 2 N–H and O–H groups in total. The molecule has 0 heterocycles. The van der Waals surface area contributed by atoms with Crippen LogP contribution >= 0.6 is 22.6 Å². The molecule has 0 aliphatic carbocycles. The van der Waals surface area contributed by atoms with E-state index in [2.05, 4.69) is 0 Å². The Balaban J connectivity index is 3.41. The highest BCUT2D eigenvalue weighted by atomic mass is 127. The number of benzene rings is 1. The van der Waals surface area contributed by atoms with Crippen LogP contribution in [0.3, 0.4) is 0 Å². The van der Waals surface area contributed by atoms with Crippen LogP contribution in [-0.2, 0) is 10.5 Å². The summed E-state index contributed by atoms with van der Waals surface area (Å²) >= 11 is 1.72. The zero-order valence-electron chi connectivity index (χ0n) is 7.25. The minimum atomic E-state index is -3.09. The van der Waals surface area contributed by atoms with Gasteiger partial charge in [0.05, 0.1) is 10.5 Å². The molecule has 7 heteroatoms. The molecule has 1 unspecified atom stereocenters. The number of carbonyl (C=O) groups is 1. The van der Waals surface area contributed by atoms with Crippen molar-refractivity contribution in [2.45, 2.75) is 5.72 Å². The van der Waals surface area contributed by atoms with Crippen LogP contribution in [0.2, 0.25) is 0 Å². The Morgan fingerprint density at radius 1 is 1.47 bits per heavy atom. The van der Waals surface area contributed by atoms with Gasteiger partial charge >= 0.3 is 11.7 Å². The highest BCUT2D eigenvalue weighted by molar-refractivity contribution is 14.1. The molecule has 1 aromatic rings. The number of nitro groups is 1. The summed E-state index contributed by atoms with van der Waals surface area (Å²) in [6, 6.07) is 5.70. The summed E-state index contributed by atoms with van der Waals surface area (Å²) < 4.78 is 0.316. The summed E-state index contributed by atoms with van der Waals surface area (Å²) in [5.41, 5.74) is -3.33. The second kappa shape index (κ2) is 4.11. The van der Waals surface area contributed by atoms with E-state index < -0.39 is 16.6 Å². The van der Waals surface area contributed by atoms with Crippen LogP contribution in [0.15, 0.2) is 24.3 Å². The fourth-order valence-corrected chi connectivity index (χ4v) is 1.80. The van der Waals surface area contributed by atoms with Gasteiger partial charge in [0.2, 0.25) is 0 Å². The number of carboxylic acid groups (broad SMARTS) is 1. The van der Waals surface area contributed by atoms with Gasteiger partial charge in [0, 0.05) is 3.57 Å². The molecule has 1 aromatic carbocycles. The smallest absolute Gasteiger partial charge is 0.447 e. The van der Waals surface area contributed by atoms with E-state index in [0.29, 0.717) is 3.57 Å². The molecule has 6 nitrogen and oxygen atoms in total. The molecular formula is C8H6INO5. The van der Waals surface area contributed by atoms with E-state index in [0.717, 1.165) is 0 Å². The first-order valence-electron chi connectivity index (χ1n) is 3.76. The maximum Gasteiger partial charge on any atom is 0.447 e. The fraction of sp³-hybridized carbons (Fsp3) is 0.125. The van der Waals surface area contributed by atoms with Crippen molar-refractivity contribution >= 4 is 28.6 Å². The predicted molar refractivity (Wildman–Crippen MR) is 57.7 cm³/mol. The molecule has 0 radical (unpaired) electrons. The van der Waals surface area contributed by atoms with Gasteiger partial charge < -0.3 is 10.2 Å². The van der Waals surface area contributed by atoms with Crippen molar-refractivity contribution in [2.75, 3.05) is 0 Å². The van der Waals surface area contributed by atoms with Crippen LogP contribution in [0.1, 0.15) is 5.56 Å². The third kappa shape index (κ3) is 1.92. The number of aliphatic hydroxyl groups is 1. The zero-order valence-corrected chi connectivity index (χ0v) is 9.41. The molecule has 0 bridgehead atoms. The Morgan fingerprint density at radius 2 is 2.00 bits per heavy atom. The normalized spacial score (nSPS) is 14.3. The lowest BCUT2D eigenvalue weighted by Gasteiger charge is -2.15. The Kier molecular flexibility index (Phi) is 3.25. The number of halogens is 1. The summed E-state index contributed by atoms with van der Waals surface area (Å²) in [4.78, 5) is 20.1. The van der Waals surface area contributed by atoms with Crippen LogP contribution < -0.4 is 0 Å². The van der Waals surface area contributed by atoms with E-state index in [-0.39, 0.29) is 5.56 Å². The molecule has 0 aliphatic rings. The first kappa shape index (κ1) is 11.9. The second-order valence-electron chi connectivity index (χ2n) is 2.71. The quantitative estimate of drug-likeness (QED) is 0.371. The SMILES string of the molecule is O=C(O)C(O)(c1ccccc1I)[N+](=O)[O-]. The van der Waals surface area contributed by atoms with Crippen molar-refractivity contribution in [1.29, 1.82) is 0 Å². The van der Waals surface area contributed by atoms with Crippen LogP contribution in [0.5, 0.6) is 0 Å². The fourth-order valence-electron chi connectivity index (χ4n) is 1.04. The van der Waals surface area contributed by atoms with Crippen molar-refractivity contribution in [1.82, 2.24) is 0 Å². The van der Waals surface area contributed by atoms with Gasteiger partial charge in [-0.05, 0) is 34.7 Å². The zero-order chi connectivity index (χ0) is 11.6. The van der Waals surface area contributed by atoms with E-state index in [4.69, 9.17) is 5.11 Å². The van der Waals surface area contributed by atoms with Crippen LogP contribution in [0, 0.1) is 13.7 Å². The largest absolute Gasteiger partial charge is 0.474 e. The Hall–Kier alpha value is -1.22. The molecule has 0 saturated heterocycles. The van der Waals surface area contributed by atoms with E-state index >= 15 is 0 Å². The van der Waals surface area contributed by atoms with Crippen LogP contribution in [-0.4, -0.2) is 21.1 Å². The summed E-state index contributed by atoms with van der Waals surface area (Å²) in [5, 5.41) is 28.8. The maximum absolute atomic E-state index is 10.7. The van der Waals surface area contributed by atoms with E-state index in [1.165, 1.54) is 18.2 Å². The lowest BCUT2D eigenvalue weighted by atomic mass is 10.0. The topological polar surface area (TPSA) is 101 Å². The van der Waals surface area contributed by atoms with Crippen LogP contribution in [0.4, 0.5) is 0 Å². The van der Waals surface area contributed by atoms with Gasteiger partial charge in [0.15, 0.2) is 0 Å². The third-order valence-corrected chi connectivity index (χ3v) is 2.75. The van der Waals surface area contributed by atoms with E-state index in [1.807, 2.05) is 0 Å². The summed E-state index contributed by atoms with van der Waals surface area (Å²) in [7, 11) is 0. The molecule has 1 atom stereocenters. The summed E-state index contributed by atoms with van der Waals surface area (Å²) in [5.74, 6) is -1.91. The van der Waals surface area contributed by atoms with Gasteiger partial charge in [-0.3, -0.25) is 10.1 Å². The average molecular weight is 323 g/mol. The van der Waals surface area contributed by atoms with Crippen molar-refractivity contribution in [3.63, 3.8) is 0 Å². The Bertz CT molecular complexity index is 405. The van der Waals surface area contributed by atoms with Crippen LogP contribution in [0.25, 0.3) is 0 Å². The number of hydrogen-bond acceptors (Lipinski definition) is 4. The molecule has 0 saturated carbocycles. The Labute approximate surface area is 97.8 Å². The first-order valence-corrected chi connectivity index (χ1v) is 4.84. The standard InChI is InChI=1S/C8H6INO5/c9-6-4-2-1-3-5(6)8(13,7(11)12)10(14)15/h1-4,13H,(H,11,12). The van der Waals surface area contributed by atoms with Crippen molar-refractivity contribution < 1.29 is 19.9 Å². The molecule has 0 aliphatic heterocycles. The number of aliphatic carboxylic acids is 1. The number of nitrogens with zero attached hydrogens (tertiary/aromatic N) is 1. The van der Waals surface area contributed by atoms with Gasteiger partial charge in [-0.25, -0.2) is 4.79 Å². The van der Waals surface area contributed by atoms with Crippen molar-refractivity contribution in [2.24, 2.45) is 0 Å². The van der Waals surface area contributed by atoms with Crippen molar-refractivity contribution in [3.05, 3.63) is 43.5 Å². The summed E-state index contributed by atoms with van der Waals surface area (Å²) in [6.07, 6.45) is 0. The van der Waals surface area contributed by atoms with Gasteiger partial charge in [0.1, 0.15) is 0 Å². The molecule has 0 spiro atoms. The molecule has 1 rings (SSSR count). The molecular weight excluding hydrogens is 317 g/mol. The maximum atomic E-state index is 10.7. The third-order valence-electron chi connectivity index (χ3n) is 1.81. The summed E-state index contributed by atoms with van der Waals surface area (Å²) in [6.45, 7) is 0. The number of rotatable bonds is 3. The molecule has 0 fully saturated rings. The average Bonchev–Trinajstić information content (AvgIpc) is 2.16. The first-order chi connectivity index (χ1) is 6.90. The molecule has 15 heavy (non-hydrogen) atoms. The van der Waals surface area contributed by atoms with Crippen molar-refractivity contribution in [3.8, 4) is 0 Å². The molecule has 0 amide bonds. The van der Waals surface area contributed by atoms with E-state index in [9.17, 15) is 20.0 Å². The van der Waals surface area contributed by atoms with Gasteiger partial charge in [0.25, 0.3) is 0 Å². The predicted octanol–water partition coefficient (Wildman–Crippen LogP) is 0.798. The van der Waals surface area contributed by atoms with Gasteiger partial charge in [-0.2, -0.15) is 0 Å². The lowest BCUT2D eigenvalue weighted by molar-refractivity contribution is -0.617. The highest BCUT2D eigenvalue weighted by Gasteiger charge is 2.53. The molecule has 80 valence electrons. The minimum Gasteiger partial charge on any atom is -0.474 e. The van der Waals surface area contributed by atoms with E-state index in [1.54, 1.807) is 28.7 Å². The monoisotopic (exact) mass is 323 g/mol. The lowest BCUT2D eigenvalue weighted by Crippen LogP contribution is -2.43. The Morgan fingerprint density at radius 3 is 2.40 bits per heavy atom. The highest BCUT2D eigenvalue weighted by Crippen LogP contribution is 2.26. The minimum absolute atomic E-state index is 0.247. The molecule has 0 aromatic heterocycles. The van der Waals surface area contributed by atoms with Gasteiger partial charge in [-0.1, -0.05) is 12.1 Å².